The second-order valence-corrected chi connectivity index (χ2v) is 5.14. The van der Waals surface area contributed by atoms with Crippen molar-refractivity contribution >= 4 is 17.5 Å². The highest BCUT2D eigenvalue weighted by molar-refractivity contribution is 5.72. The number of nitrogens with zero attached hydrogens (tertiary/aromatic N) is 2. The van der Waals surface area contributed by atoms with Gasteiger partial charge in [0.25, 0.3) is 5.56 Å². The zero-order valence-electron chi connectivity index (χ0n) is 10.8. The lowest BCUT2D eigenvalue weighted by atomic mass is 10.0. The van der Waals surface area contributed by atoms with Crippen molar-refractivity contribution in [1.29, 1.82) is 0 Å². The molecule has 2 heterocycles. The quantitative estimate of drug-likeness (QED) is 0.432. The van der Waals surface area contributed by atoms with E-state index < -0.39 is 6.10 Å². The third kappa shape index (κ3) is 1.76. The number of rotatable bonds is 2. The van der Waals surface area contributed by atoms with Crippen LogP contribution in [0.3, 0.4) is 0 Å². The van der Waals surface area contributed by atoms with Gasteiger partial charge in [0.05, 0.1) is 25.4 Å². The van der Waals surface area contributed by atoms with Crippen LogP contribution in [0.2, 0.25) is 0 Å². The summed E-state index contributed by atoms with van der Waals surface area (Å²) >= 11 is 0. The smallest absolute Gasteiger partial charge is 0.277 e. The molecule has 0 saturated heterocycles. The van der Waals surface area contributed by atoms with Gasteiger partial charge in [0.1, 0.15) is 5.69 Å². The van der Waals surface area contributed by atoms with Gasteiger partial charge in [0.2, 0.25) is 5.95 Å². The van der Waals surface area contributed by atoms with Crippen molar-refractivity contribution in [1.82, 2.24) is 9.97 Å². The van der Waals surface area contributed by atoms with Crippen LogP contribution in [0.5, 0.6) is 0 Å². The molecule has 8 heteroatoms. The summed E-state index contributed by atoms with van der Waals surface area (Å²) in [6, 6.07) is -0.176. The number of hydrogen-bond acceptors (Lipinski definition) is 7. The summed E-state index contributed by atoms with van der Waals surface area (Å²) in [4.78, 5) is 20.2. The molecule has 0 amide bonds. The molecule has 0 bridgehead atoms. The summed E-state index contributed by atoms with van der Waals surface area (Å²) in [7, 11) is 0. The van der Waals surface area contributed by atoms with E-state index in [2.05, 4.69) is 21.9 Å². The first-order valence-electron chi connectivity index (χ1n) is 6.41. The number of nitrogens with one attached hydrogen (secondary N) is 2. The van der Waals surface area contributed by atoms with Crippen molar-refractivity contribution in [2.45, 2.75) is 18.6 Å². The highest BCUT2D eigenvalue weighted by Crippen LogP contribution is 2.38. The molecule has 1 saturated carbocycles. The number of aliphatic hydroxyl groups is 2. The normalized spacial score (nSPS) is 28.6. The predicted octanol–water partition coefficient (Wildman–Crippen LogP) is -1.16. The maximum atomic E-state index is 11.8. The lowest BCUT2D eigenvalue weighted by Gasteiger charge is -2.26. The fraction of sp³-hybridized carbons (Fsp3) is 0.500. The topological polar surface area (TPSA) is 128 Å². The molecule has 1 aliphatic carbocycles. The Morgan fingerprint density at radius 2 is 2.30 bits per heavy atom. The number of nitrogens with two attached hydrogens (primary N) is 1. The molecule has 1 aromatic rings. The van der Waals surface area contributed by atoms with E-state index in [9.17, 15) is 15.0 Å². The average Bonchev–Trinajstić information content (AvgIpc) is 2.91. The Balaban J connectivity index is 1.96. The molecule has 3 unspecified atom stereocenters. The SMILES string of the molecule is C=C1C(CO)C(O)CC1N1CNc2c1nc(N)[nH]c2=O. The highest BCUT2D eigenvalue weighted by Gasteiger charge is 2.42. The highest BCUT2D eigenvalue weighted by atomic mass is 16.3. The average molecular weight is 279 g/mol. The number of hydrogen-bond donors (Lipinski definition) is 5. The molecule has 6 N–H and O–H groups in total. The number of H-pyrrole nitrogens is 1. The molecule has 0 aromatic carbocycles. The molecular formula is C12H17N5O3. The molecule has 3 atom stereocenters. The minimum absolute atomic E-state index is 0.0466. The zero-order valence-corrected chi connectivity index (χ0v) is 10.8. The maximum absolute atomic E-state index is 11.8. The van der Waals surface area contributed by atoms with Gasteiger partial charge in [-0.25, -0.2) is 0 Å². The van der Waals surface area contributed by atoms with Crippen molar-refractivity contribution < 1.29 is 10.2 Å². The monoisotopic (exact) mass is 279 g/mol. The van der Waals surface area contributed by atoms with Crippen LogP contribution in [0, 0.1) is 5.92 Å². The van der Waals surface area contributed by atoms with Crippen LogP contribution in [-0.2, 0) is 0 Å². The largest absolute Gasteiger partial charge is 0.396 e. The van der Waals surface area contributed by atoms with Gasteiger partial charge in [-0.1, -0.05) is 6.58 Å². The first-order valence-corrected chi connectivity index (χ1v) is 6.41. The Kier molecular flexibility index (Phi) is 2.91. The lowest BCUT2D eigenvalue weighted by Crippen LogP contribution is -2.35. The van der Waals surface area contributed by atoms with Crippen LogP contribution in [0.1, 0.15) is 6.42 Å². The van der Waals surface area contributed by atoms with E-state index >= 15 is 0 Å². The van der Waals surface area contributed by atoms with E-state index in [1.165, 1.54) is 0 Å². The fourth-order valence-electron chi connectivity index (χ4n) is 2.95. The minimum atomic E-state index is -0.638. The second-order valence-electron chi connectivity index (χ2n) is 5.14. The Bertz CT molecular complexity index is 614. The fourth-order valence-corrected chi connectivity index (χ4v) is 2.95. The van der Waals surface area contributed by atoms with Crippen molar-refractivity contribution in [3.63, 3.8) is 0 Å². The van der Waals surface area contributed by atoms with Crippen LogP contribution < -0.4 is 21.5 Å². The molecule has 0 spiro atoms. The van der Waals surface area contributed by atoms with Gasteiger partial charge in [-0.05, 0) is 12.0 Å². The van der Waals surface area contributed by atoms with E-state index in [0.717, 1.165) is 5.57 Å². The molecule has 20 heavy (non-hydrogen) atoms. The molecular weight excluding hydrogens is 262 g/mol. The molecule has 1 fully saturated rings. The van der Waals surface area contributed by atoms with E-state index in [0.29, 0.717) is 24.6 Å². The summed E-state index contributed by atoms with van der Waals surface area (Å²) in [5.74, 6) is 0.164. The Labute approximate surface area is 114 Å². The first kappa shape index (κ1) is 12.9. The summed E-state index contributed by atoms with van der Waals surface area (Å²) in [5.41, 5.74) is 6.37. The van der Waals surface area contributed by atoms with Crippen LogP contribution in [0.15, 0.2) is 16.9 Å². The van der Waals surface area contributed by atoms with Crippen LogP contribution in [0.25, 0.3) is 0 Å². The Hall–Kier alpha value is -2.06. The van der Waals surface area contributed by atoms with Crippen molar-refractivity contribution in [2.75, 3.05) is 29.2 Å². The minimum Gasteiger partial charge on any atom is -0.396 e. The Morgan fingerprint density at radius 3 is 2.95 bits per heavy atom. The molecule has 1 aliphatic heterocycles. The van der Waals surface area contributed by atoms with E-state index in [-0.39, 0.29) is 30.1 Å². The van der Waals surface area contributed by atoms with Crippen LogP contribution >= 0.6 is 0 Å². The van der Waals surface area contributed by atoms with Gasteiger partial charge in [-0.3, -0.25) is 9.78 Å². The molecule has 108 valence electrons. The van der Waals surface area contributed by atoms with Gasteiger partial charge in [-0.2, -0.15) is 4.98 Å². The Morgan fingerprint density at radius 1 is 1.55 bits per heavy atom. The second kappa shape index (κ2) is 4.50. The van der Waals surface area contributed by atoms with Gasteiger partial charge >= 0.3 is 0 Å². The number of aliphatic hydroxyl groups excluding tert-OH is 2. The molecule has 3 rings (SSSR count). The van der Waals surface area contributed by atoms with Crippen molar-refractivity contribution in [3.05, 3.63) is 22.5 Å². The molecule has 8 nitrogen and oxygen atoms in total. The van der Waals surface area contributed by atoms with Crippen molar-refractivity contribution in [2.24, 2.45) is 5.92 Å². The first-order chi connectivity index (χ1) is 9.52. The summed E-state index contributed by atoms with van der Waals surface area (Å²) in [5, 5.41) is 22.2. The van der Waals surface area contributed by atoms with Gasteiger partial charge in [0, 0.05) is 5.92 Å². The zero-order chi connectivity index (χ0) is 14.4. The maximum Gasteiger partial charge on any atom is 0.277 e. The van der Waals surface area contributed by atoms with E-state index in [4.69, 9.17) is 5.73 Å². The van der Waals surface area contributed by atoms with Gasteiger partial charge in [-0.15, -0.1) is 0 Å². The molecule has 1 aromatic heterocycles. The summed E-state index contributed by atoms with van der Waals surface area (Å²) < 4.78 is 0. The number of aromatic nitrogens is 2. The molecule has 2 aliphatic rings. The standard InChI is InChI=1S/C12H17N5O3/c1-5-6(3-18)8(19)2-7(5)17-4-14-9-10(17)15-12(13)16-11(9)20/h6-8,14,18-19H,1-4H2,(H3,13,15,16,20). The van der Waals surface area contributed by atoms with Crippen LogP contribution in [-0.4, -0.2) is 45.6 Å². The van der Waals surface area contributed by atoms with E-state index in [1.54, 1.807) is 0 Å². The number of fused-ring (bicyclic) bond motifs is 1. The van der Waals surface area contributed by atoms with Gasteiger partial charge < -0.3 is 26.2 Å². The third-order valence-corrected chi connectivity index (χ3v) is 4.02. The number of anilines is 3. The third-order valence-electron chi connectivity index (χ3n) is 4.02. The summed E-state index contributed by atoms with van der Waals surface area (Å²) in [6.45, 7) is 4.22. The van der Waals surface area contributed by atoms with E-state index in [1.807, 2.05) is 4.90 Å². The van der Waals surface area contributed by atoms with Gasteiger partial charge in [0.15, 0.2) is 5.82 Å². The predicted molar refractivity (Wildman–Crippen MR) is 74.4 cm³/mol. The lowest BCUT2D eigenvalue weighted by molar-refractivity contribution is 0.102. The number of aromatic amines is 1. The molecule has 0 radical (unpaired) electrons. The van der Waals surface area contributed by atoms with Crippen molar-refractivity contribution in [3.8, 4) is 0 Å². The summed E-state index contributed by atoms with van der Waals surface area (Å²) in [6.07, 6.45) is -0.194. The number of nitrogen functional groups attached to an aromatic ring is 1. The van der Waals surface area contributed by atoms with Crippen LogP contribution in [0.4, 0.5) is 17.5 Å².